The van der Waals surface area contributed by atoms with Gasteiger partial charge in [0.05, 0.1) is 6.20 Å². The molecule has 0 radical (unpaired) electrons. The first-order valence-electron chi connectivity index (χ1n) is 4.26. The highest BCUT2D eigenvalue weighted by atomic mass is 15.0. The van der Waals surface area contributed by atoms with E-state index in [1.807, 2.05) is 36.5 Å². The van der Waals surface area contributed by atoms with Gasteiger partial charge in [-0.1, -0.05) is 12.1 Å². The van der Waals surface area contributed by atoms with Crippen molar-refractivity contribution < 1.29 is 4.57 Å². The molecule has 13 heavy (non-hydrogen) atoms. The molecule has 0 N–H and O–H groups in total. The van der Waals surface area contributed by atoms with Crippen LogP contribution in [0.25, 0.3) is 5.82 Å². The van der Waals surface area contributed by atoms with Gasteiger partial charge in [0, 0.05) is 6.07 Å². The first kappa shape index (κ1) is 7.92. The maximum Gasteiger partial charge on any atom is 0.327 e. The Kier molecular flexibility index (Phi) is 2.04. The summed E-state index contributed by atoms with van der Waals surface area (Å²) < 4.78 is 2.06. The van der Waals surface area contributed by atoms with Gasteiger partial charge in [-0.3, -0.25) is 0 Å². The summed E-state index contributed by atoms with van der Waals surface area (Å²) in [6, 6.07) is 12.0. The van der Waals surface area contributed by atoms with Crippen molar-refractivity contribution in [2.45, 2.75) is 6.92 Å². The van der Waals surface area contributed by atoms with Crippen LogP contribution in [0.1, 0.15) is 5.69 Å². The van der Waals surface area contributed by atoms with Crippen LogP contribution in [0.5, 0.6) is 0 Å². The van der Waals surface area contributed by atoms with Gasteiger partial charge in [0.1, 0.15) is 11.9 Å². The lowest BCUT2D eigenvalue weighted by Gasteiger charge is -1.98. The number of aryl methyl sites for hydroxylation is 1. The lowest BCUT2D eigenvalue weighted by atomic mass is 10.3. The van der Waals surface area contributed by atoms with Crippen molar-refractivity contribution in [2.24, 2.45) is 0 Å². The first-order valence-corrected chi connectivity index (χ1v) is 4.26. The molecule has 0 aliphatic heterocycles. The maximum atomic E-state index is 4.27. The SMILES string of the molecule is Cc1cccc[n+]1-c1ccccn1. The zero-order valence-electron chi connectivity index (χ0n) is 7.51. The Balaban J connectivity index is 2.54. The van der Waals surface area contributed by atoms with Crippen LogP contribution in [-0.2, 0) is 0 Å². The number of aromatic nitrogens is 2. The average molecular weight is 171 g/mol. The Labute approximate surface area is 77.5 Å². The number of nitrogens with zero attached hydrogens (tertiary/aromatic N) is 2. The molecule has 0 aliphatic carbocycles. The van der Waals surface area contributed by atoms with E-state index in [0.717, 1.165) is 5.82 Å². The molecular weight excluding hydrogens is 160 g/mol. The summed E-state index contributed by atoms with van der Waals surface area (Å²) in [4.78, 5) is 4.27. The molecule has 0 aromatic carbocycles. The normalized spacial score (nSPS) is 9.92. The molecule has 0 unspecified atom stereocenters. The lowest BCUT2D eigenvalue weighted by molar-refractivity contribution is -0.606. The molecule has 2 rings (SSSR count). The van der Waals surface area contributed by atoms with Gasteiger partial charge < -0.3 is 0 Å². The summed E-state index contributed by atoms with van der Waals surface area (Å²) in [5.41, 5.74) is 1.18. The van der Waals surface area contributed by atoms with Gasteiger partial charge in [0.25, 0.3) is 0 Å². The van der Waals surface area contributed by atoms with Crippen LogP contribution < -0.4 is 4.57 Å². The van der Waals surface area contributed by atoms with Crippen LogP contribution in [0.4, 0.5) is 0 Å². The van der Waals surface area contributed by atoms with Crippen molar-refractivity contribution in [3.8, 4) is 5.82 Å². The van der Waals surface area contributed by atoms with Gasteiger partial charge >= 0.3 is 5.82 Å². The minimum Gasteiger partial charge on any atom is -0.201 e. The molecule has 0 atom stereocenters. The summed E-state index contributed by atoms with van der Waals surface area (Å²) in [5.74, 6) is 0.959. The molecule has 0 fully saturated rings. The summed E-state index contributed by atoms with van der Waals surface area (Å²) in [6.45, 7) is 2.06. The molecule has 0 amide bonds. The largest absolute Gasteiger partial charge is 0.327 e. The van der Waals surface area contributed by atoms with Crippen LogP contribution in [0.3, 0.4) is 0 Å². The minimum absolute atomic E-state index is 0.959. The second-order valence-corrected chi connectivity index (χ2v) is 2.90. The molecule has 2 heterocycles. The zero-order chi connectivity index (χ0) is 9.10. The van der Waals surface area contributed by atoms with Crippen molar-refractivity contribution in [1.29, 1.82) is 0 Å². The van der Waals surface area contributed by atoms with Crippen molar-refractivity contribution >= 4 is 0 Å². The first-order chi connectivity index (χ1) is 6.38. The van der Waals surface area contributed by atoms with Gasteiger partial charge in [0.2, 0.25) is 0 Å². The van der Waals surface area contributed by atoms with Gasteiger partial charge in [-0.25, -0.2) is 4.57 Å². The predicted octanol–water partition coefficient (Wildman–Crippen LogP) is 1.67. The van der Waals surface area contributed by atoms with E-state index < -0.39 is 0 Å². The van der Waals surface area contributed by atoms with Gasteiger partial charge in [-0.05, 0) is 30.1 Å². The quantitative estimate of drug-likeness (QED) is 0.596. The highest BCUT2D eigenvalue weighted by Crippen LogP contribution is 1.95. The highest BCUT2D eigenvalue weighted by Gasteiger charge is 2.06. The third-order valence-electron chi connectivity index (χ3n) is 1.96. The van der Waals surface area contributed by atoms with Crippen LogP contribution in [0.15, 0.2) is 48.8 Å². The molecule has 2 aromatic rings. The van der Waals surface area contributed by atoms with E-state index in [1.165, 1.54) is 5.69 Å². The Morgan fingerprint density at radius 3 is 2.62 bits per heavy atom. The minimum atomic E-state index is 0.959. The Hall–Kier alpha value is -1.70. The smallest absolute Gasteiger partial charge is 0.201 e. The fraction of sp³-hybridized carbons (Fsp3) is 0.0909. The van der Waals surface area contributed by atoms with Crippen molar-refractivity contribution in [1.82, 2.24) is 4.98 Å². The van der Waals surface area contributed by atoms with E-state index in [1.54, 1.807) is 6.20 Å². The number of pyridine rings is 2. The van der Waals surface area contributed by atoms with Crippen LogP contribution >= 0.6 is 0 Å². The Bertz CT molecular complexity index is 396. The number of hydrogen-bond acceptors (Lipinski definition) is 1. The van der Waals surface area contributed by atoms with Crippen LogP contribution in [0.2, 0.25) is 0 Å². The molecule has 0 saturated heterocycles. The Morgan fingerprint density at radius 2 is 1.92 bits per heavy atom. The number of hydrogen-bond donors (Lipinski definition) is 0. The zero-order valence-corrected chi connectivity index (χ0v) is 7.51. The molecular formula is C11H11N2+. The summed E-state index contributed by atoms with van der Waals surface area (Å²) in [5, 5.41) is 0. The fourth-order valence-electron chi connectivity index (χ4n) is 1.28. The van der Waals surface area contributed by atoms with E-state index in [0.29, 0.717) is 0 Å². The van der Waals surface area contributed by atoms with Crippen molar-refractivity contribution in [3.63, 3.8) is 0 Å². The molecule has 2 nitrogen and oxygen atoms in total. The number of rotatable bonds is 1. The summed E-state index contributed by atoms with van der Waals surface area (Å²) in [7, 11) is 0. The second-order valence-electron chi connectivity index (χ2n) is 2.90. The standard InChI is InChI=1S/C11H11N2/c1-10-6-3-5-9-13(10)11-7-2-4-8-12-11/h2-9H,1H3/q+1. The molecule has 0 saturated carbocycles. The van der Waals surface area contributed by atoms with E-state index >= 15 is 0 Å². The van der Waals surface area contributed by atoms with Crippen LogP contribution in [-0.4, -0.2) is 4.98 Å². The molecule has 2 heteroatoms. The fourth-order valence-corrected chi connectivity index (χ4v) is 1.28. The average Bonchev–Trinajstić information content (AvgIpc) is 2.20. The van der Waals surface area contributed by atoms with E-state index in [4.69, 9.17) is 0 Å². The second kappa shape index (κ2) is 3.35. The molecule has 64 valence electrons. The molecule has 0 spiro atoms. The monoisotopic (exact) mass is 171 g/mol. The third-order valence-corrected chi connectivity index (χ3v) is 1.96. The van der Waals surface area contributed by atoms with Gasteiger partial charge in [-0.2, -0.15) is 0 Å². The summed E-state index contributed by atoms with van der Waals surface area (Å²) in [6.07, 6.45) is 3.81. The maximum absolute atomic E-state index is 4.27. The highest BCUT2D eigenvalue weighted by molar-refractivity contribution is 5.11. The lowest BCUT2D eigenvalue weighted by Crippen LogP contribution is -2.34. The van der Waals surface area contributed by atoms with E-state index in [2.05, 4.69) is 22.5 Å². The van der Waals surface area contributed by atoms with Gasteiger partial charge in [-0.15, -0.1) is 0 Å². The van der Waals surface area contributed by atoms with Crippen molar-refractivity contribution in [3.05, 3.63) is 54.5 Å². The molecule has 0 aliphatic rings. The summed E-state index contributed by atoms with van der Waals surface area (Å²) >= 11 is 0. The Morgan fingerprint density at radius 1 is 1.08 bits per heavy atom. The van der Waals surface area contributed by atoms with E-state index in [-0.39, 0.29) is 0 Å². The predicted molar refractivity (Wildman–Crippen MR) is 50.5 cm³/mol. The van der Waals surface area contributed by atoms with Gasteiger partial charge in [0.15, 0.2) is 0 Å². The molecule has 2 aromatic heterocycles. The van der Waals surface area contributed by atoms with Crippen LogP contribution in [0, 0.1) is 6.92 Å². The topological polar surface area (TPSA) is 16.8 Å². The molecule has 0 bridgehead atoms. The van der Waals surface area contributed by atoms with E-state index in [9.17, 15) is 0 Å². The third kappa shape index (κ3) is 1.56. The van der Waals surface area contributed by atoms with Crippen molar-refractivity contribution in [2.75, 3.05) is 0 Å².